The van der Waals surface area contributed by atoms with E-state index in [1.54, 1.807) is 6.92 Å². The number of hydrogen-bond acceptors (Lipinski definition) is 3. The normalized spacial score (nSPS) is 13.5. The Kier molecular flexibility index (Phi) is 5.89. The molecule has 0 saturated carbocycles. The number of amides is 1. The number of carbonyl (C=O) groups is 2. The maximum Gasteiger partial charge on any atom is 0.325 e. The van der Waals surface area contributed by atoms with Crippen LogP contribution in [0.4, 0.5) is 0 Å². The minimum atomic E-state index is -1.10. The Bertz CT molecular complexity index is 286. The van der Waals surface area contributed by atoms with E-state index in [1.165, 1.54) is 6.92 Å². The highest BCUT2D eigenvalue weighted by Crippen LogP contribution is 2.03. The zero-order chi connectivity index (χ0) is 11.8. The van der Waals surface area contributed by atoms with Crippen molar-refractivity contribution in [3.63, 3.8) is 0 Å². The van der Waals surface area contributed by atoms with E-state index in [0.29, 0.717) is 6.42 Å². The van der Waals surface area contributed by atoms with Crippen LogP contribution in [0.3, 0.4) is 0 Å². The standard InChI is InChI=1S/C8H14N4O3/c1-3-6(11-12-9)4-7(13)10-5(2)8(14)15/h5-6H,3-4H2,1-2H3,(H,10,13)(H,14,15)/t5-,6?/m0/s1. The zero-order valence-corrected chi connectivity index (χ0v) is 8.67. The Morgan fingerprint density at radius 1 is 1.60 bits per heavy atom. The van der Waals surface area contributed by atoms with Gasteiger partial charge in [-0.1, -0.05) is 12.0 Å². The first-order chi connectivity index (χ1) is 7.01. The maximum atomic E-state index is 11.2. The number of carbonyl (C=O) groups excluding carboxylic acids is 1. The minimum Gasteiger partial charge on any atom is -0.480 e. The van der Waals surface area contributed by atoms with Crippen molar-refractivity contribution < 1.29 is 14.7 Å². The lowest BCUT2D eigenvalue weighted by Crippen LogP contribution is -2.39. The van der Waals surface area contributed by atoms with Crippen LogP contribution in [0.5, 0.6) is 0 Å². The number of nitrogens with one attached hydrogen (secondary N) is 1. The second kappa shape index (κ2) is 6.67. The molecule has 0 saturated heterocycles. The second-order valence-corrected chi connectivity index (χ2v) is 3.10. The molecule has 2 N–H and O–H groups in total. The number of nitrogens with zero attached hydrogens (tertiary/aromatic N) is 3. The van der Waals surface area contributed by atoms with Crippen LogP contribution >= 0.6 is 0 Å². The van der Waals surface area contributed by atoms with Crippen LogP contribution in [0.2, 0.25) is 0 Å². The van der Waals surface area contributed by atoms with E-state index in [-0.39, 0.29) is 6.42 Å². The number of hydrogen-bond donors (Lipinski definition) is 2. The third-order valence-corrected chi connectivity index (χ3v) is 1.86. The van der Waals surface area contributed by atoms with Gasteiger partial charge in [-0.15, -0.1) is 0 Å². The molecule has 0 radical (unpaired) electrons. The Labute approximate surface area is 87.1 Å². The summed E-state index contributed by atoms with van der Waals surface area (Å²) in [6, 6.07) is -1.35. The summed E-state index contributed by atoms with van der Waals surface area (Å²) in [6.07, 6.45) is 0.553. The molecule has 7 nitrogen and oxygen atoms in total. The van der Waals surface area contributed by atoms with E-state index in [0.717, 1.165) is 0 Å². The molecule has 1 amide bonds. The Balaban J connectivity index is 4.12. The van der Waals surface area contributed by atoms with Crippen molar-refractivity contribution in [2.24, 2.45) is 5.11 Å². The van der Waals surface area contributed by atoms with Gasteiger partial charge >= 0.3 is 5.97 Å². The van der Waals surface area contributed by atoms with E-state index in [9.17, 15) is 9.59 Å². The molecule has 15 heavy (non-hydrogen) atoms. The molecule has 0 fully saturated rings. The first-order valence-corrected chi connectivity index (χ1v) is 4.57. The van der Waals surface area contributed by atoms with E-state index in [4.69, 9.17) is 10.6 Å². The lowest BCUT2D eigenvalue weighted by atomic mass is 10.1. The van der Waals surface area contributed by atoms with Crippen molar-refractivity contribution in [1.82, 2.24) is 5.32 Å². The third kappa shape index (κ3) is 5.53. The molecule has 2 atom stereocenters. The van der Waals surface area contributed by atoms with E-state index in [1.807, 2.05) is 0 Å². The summed E-state index contributed by atoms with van der Waals surface area (Å²) in [5, 5.41) is 14.2. The zero-order valence-electron chi connectivity index (χ0n) is 8.67. The van der Waals surface area contributed by atoms with E-state index >= 15 is 0 Å². The van der Waals surface area contributed by atoms with Gasteiger partial charge in [-0.25, -0.2) is 0 Å². The SMILES string of the molecule is CCC(CC(=O)N[C@@H](C)C(=O)O)N=[N+]=[N-]. The van der Waals surface area contributed by atoms with Crippen LogP contribution in [0.1, 0.15) is 26.7 Å². The average molecular weight is 214 g/mol. The highest BCUT2D eigenvalue weighted by atomic mass is 16.4. The fourth-order valence-electron chi connectivity index (χ4n) is 0.916. The van der Waals surface area contributed by atoms with Gasteiger partial charge in [0.05, 0.1) is 0 Å². The highest BCUT2D eigenvalue weighted by Gasteiger charge is 2.16. The minimum absolute atomic E-state index is 0.0121. The molecular weight excluding hydrogens is 200 g/mol. The van der Waals surface area contributed by atoms with Crippen LogP contribution in [0.25, 0.3) is 10.4 Å². The number of carboxylic acid groups (broad SMARTS) is 1. The van der Waals surface area contributed by atoms with Crippen LogP contribution in [-0.2, 0) is 9.59 Å². The molecule has 0 aromatic carbocycles. The molecule has 0 bridgehead atoms. The summed E-state index contributed by atoms with van der Waals surface area (Å²) in [5.74, 6) is -1.52. The first kappa shape index (κ1) is 13.2. The molecule has 0 heterocycles. The molecule has 84 valence electrons. The van der Waals surface area contributed by atoms with Gasteiger partial charge in [0.1, 0.15) is 6.04 Å². The van der Waals surface area contributed by atoms with Gasteiger partial charge in [0.2, 0.25) is 5.91 Å². The predicted octanol–water partition coefficient (Wildman–Crippen LogP) is 1.05. The number of carboxylic acids is 1. The number of rotatable bonds is 6. The fourth-order valence-corrected chi connectivity index (χ4v) is 0.916. The maximum absolute atomic E-state index is 11.2. The van der Waals surface area contributed by atoms with E-state index < -0.39 is 24.0 Å². The lowest BCUT2D eigenvalue weighted by Gasteiger charge is -2.11. The summed E-state index contributed by atoms with van der Waals surface area (Å²) < 4.78 is 0. The second-order valence-electron chi connectivity index (χ2n) is 3.10. The summed E-state index contributed by atoms with van der Waals surface area (Å²) in [6.45, 7) is 3.15. The highest BCUT2D eigenvalue weighted by molar-refractivity contribution is 5.83. The quantitative estimate of drug-likeness (QED) is 0.391. The lowest BCUT2D eigenvalue weighted by molar-refractivity contribution is -0.141. The molecule has 0 aromatic heterocycles. The van der Waals surface area contributed by atoms with Gasteiger partial charge in [-0.05, 0) is 18.9 Å². The summed E-state index contributed by atoms with van der Waals surface area (Å²) in [4.78, 5) is 24.3. The van der Waals surface area contributed by atoms with Gasteiger partial charge in [0.25, 0.3) is 0 Å². The molecule has 0 aromatic rings. The van der Waals surface area contributed by atoms with Gasteiger partial charge in [0.15, 0.2) is 0 Å². The molecule has 0 spiro atoms. The van der Waals surface area contributed by atoms with Gasteiger partial charge < -0.3 is 10.4 Å². The summed E-state index contributed by atoms with van der Waals surface area (Å²) >= 11 is 0. The fraction of sp³-hybridized carbons (Fsp3) is 0.750. The molecule has 0 aliphatic heterocycles. The van der Waals surface area contributed by atoms with Crippen molar-refractivity contribution in [1.29, 1.82) is 0 Å². The molecule has 0 aliphatic rings. The van der Waals surface area contributed by atoms with Crippen molar-refractivity contribution in [2.45, 2.75) is 38.8 Å². The van der Waals surface area contributed by atoms with Gasteiger partial charge in [0, 0.05) is 17.4 Å². The van der Waals surface area contributed by atoms with Crippen LogP contribution in [-0.4, -0.2) is 29.1 Å². The molecule has 0 rings (SSSR count). The van der Waals surface area contributed by atoms with Crippen molar-refractivity contribution in [3.8, 4) is 0 Å². The van der Waals surface area contributed by atoms with Crippen LogP contribution in [0, 0.1) is 0 Å². The van der Waals surface area contributed by atoms with E-state index in [2.05, 4.69) is 15.3 Å². The number of azide groups is 1. The first-order valence-electron chi connectivity index (χ1n) is 4.57. The van der Waals surface area contributed by atoms with Crippen LogP contribution < -0.4 is 5.32 Å². The molecule has 0 aliphatic carbocycles. The molecule has 7 heteroatoms. The van der Waals surface area contributed by atoms with Crippen molar-refractivity contribution in [2.75, 3.05) is 0 Å². The third-order valence-electron chi connectivity index (χ3n) is 1.86. The Hall–Kier alpha value is -1.75. The topological polar surface area (TPSA) is 115 Å². The smallest absolute Gasteiger partial charge is 0.325 e. The molecule has 1 unspecified atom stereocenters. The van der Waals surface area contributed by atoms with Crippen molar-refractivity contribution in [3.05, 3.63) is 10.4 Å². The largest absolute Gasteiger partial charge is 0.480 e. The summed E-state index contributed by atoms with van der Waals surface area (Å²) in [5.41, 5.74) is 8.18. The Morgan fingerprint density at radius 3 is 2.60 bits per heavy atom. The molecular formula is C8H14N4O3. The van der Waals surface area contributed by atoms with Crippen molar-refractivity contribution >= 4 is 11.9 Å². The monoisotopic (exact) mass is 214 g/mol. The van der Waals surface area contributed by atoms with Crippen LogP contribution in [0.15, 0.2) is 5.11 Å². The predicted molar refractivity (Wildman–Crippen MR) is 53.1 cm³/mol. The Morgan fingerprint density at radius 2 is 2.20 bits per heavy atom. The van der Waals surface area contributed by atoms with Gasteiger partial charge in [-0.3, -0.25) is 9.59 Å². The summed E-state index contributed by atoms with van der Waals surface area (Å²) in [7, 11) is 0. The number of aliphatic carboxylic acids is 1. The van der Waals surface area contributed by atoms with Gasteiger partial charge in [-0.2, -0.15) is 0 Å². The average Bonchev–Trinajstić information content (AvgIpc) is 2.16.